The van der Waals surface area contributed by atoms with Crippen LogP contribution in [-0.2, 0) is 9.53 Å². The summed E-state index contributed by atoms with van der Waals surface area (Å²) in [5.41, 5.74) is 0.153. The third kappa shape index (κ3) is 4.22. The van der Waals surface area contributed by atoms with Crippen molar-refractivity contribution in [2.75, 3.05) is 6.61 Å². The summed E-state index contributed by atoms with van der Waals surface area (Å²) in [5.74, 6) is -0.152. The molecule has 1 N–H and O–H groups in total. The Labute approximate surface area is 130 Å². The molecule has 2 aromatic rings. The number of aromatic nitrogens is 4. The highest BCUT2D eigenvalue weighted by molar-refractivity contribution is 5.70. The number of nitrogens with one attached hydrogen (secondary N) is 1. The average molecular weight is 321 g/mol. The van der Waals surface area contributed by atoms with Crippen molar-refractivity contribution in [1.82, 2.24) is 20.6 Å². The molecule has 0 saturated carbocycles. The van der Waals surface area contributed by atoms with E-state index in [4.69, 9.17) is 9.47 Å². The quantitative estimate of drug-likeness (QED) is 0.460. The molecule has 1 aromatic carbocycles. The summed E-state index contributed by atoms with van der Waals surface area (Å²) in [6, 6.07) is 4.44. The molecule has 0 saturated heterocycles. The summed E-state index contributed by atoms with van der Waals surface area (Å²) >= 11 is 0. The largest absolute Gasteiger partial charge is 0.486 e. The number of tetrazole rings is 1. The van der Waals surface area contributed by atoms with Crippen molar-refractivity contribution < 1.29 is 19.2 Å². The Hall–Kier alpha value is -3.04. The second-order valence-corrected chi connectivity index (χ2v) is 4.70. The molecule has 0 bridgehead atoms. The number of ether oxygens (including phenoxy) is 2. The molecule has 0 aliphatic heterocycles. The van der Waals surface area contributed by atoms with Crippen molar-refractivity contribution >= 4 is 11.7 Å². The topological polar surface area (TPSA) is 133 Å². The molecule has 122 valence electrons. The van der Waals surface area contributed by atoms with E-state index in [-0.39, 0.29) is 30.0 Å². The Morgan fingerprint density at radius 1 is 1.48 bits per heavy atom. The van der Waals surface area contributed by atoms with E-state index < -0.39 is 10.9 Å². The van der Waals surface area contributed by atoms with Gasteiger partial charge in [0, 0.05) is 19.4 Å². The maximum absolute atomic E-state index is 11.2. The van der Waals surface area contributed by atoms with Crippen molar-refractivity contribution in [3.63, 3.8) is 0 Å². The van der Waals surface area contributed by atoms with Crippen molar-refractivity contribution in [3.05, 3.63) is 28.3 Å². The lowest BCUT2D eigenvalue weighted by Crippen LogP contribution is -2.16. The third-order valence-electron chi connectivity index (χ3n) is 2.92. The molecule has 10 heteroatoms. The van der Waals surface area contributed by atoms with Crippen LogP contribution in [0.15, 0.2) is 18.2 Å². The number of nitro benzene ring substituents is 1. The van der Waals surface area contributed by atoms with E-state index in [1.165, 1.54) is 19.1 Å². The van der Waals surface area contributed by atoms with E-state index in [1.54, 1.807) is 13.0 Å². The Kier molecular flexibility index (Phi) is 5.18. The van der Waals surface area contributed by atoms with Crippen LogP contribution in [0.3, 0.4) is 0 Å². The van der Waals surface area contributed by atoms with Crippen LogP contribution in [0.1, 0.15) is 20.3 Å². The SMILES string of the molecule is CC(=O)O[C@@H](C)CCOc1c(-c2nn[nH]n2)cccc1[N+](=O)[O-]. The first kappa shape index (κ1) is 16.3. The van der Waals surface area contributed by atoms with E-state index in [0.717, 1.165) is 0 Å². The predicted molar refractivity (Wildman–Crippen MR) is 77.6 cm³/mol. The number of esters is 1. The smallest absolute Gasteiger partial charge is 0.311 e. The Morgan fingerprint density at radius 2 is 2.26 bits per heavy atom. The zero-order valence-electron chi connectivity index (χ0n) is 12.6. The molecule has 10 nitrogen and oxygen atoms in total. The molecule has 2 rings (SSSR count). The molecule has 0 aliphatic carbocycles. The van der Waals surface area contributed by atoms with Gasteiger partial charge in [-0.25, -0.2) is 0 Å². The fourth-order valence-electron chi connectivity index (χ4n) is 1.94. The van der Waals surface area contributed by atoms with Crippen LogP contribution >= 0.6 is 0 Å². The zero-order chi connectivity index (χ0) is 16.8. The third-order valence-corrected chi connectivity index (χ3v) is 2.92. The minimum Gasteiger partial charge on any atom is -0.486 e. The summed E-state index contributed by atoms with van der Waals surface area (Å²) in [5, 5.41) is 24.5. The lowest BCUT2D eigenvalue weighted by Gasteiger charge is -2.13. The molecule has 0 fully saturated rings. The molecule has 0 aliphatic rings. The molecule has 0 spiro atoms. The number of para-hydroxylation sites is 1. The number of carbonyl (C=O) groups is 1. The van der Waals surface area contributed by atoms with Crippen LogP contribution in [0.2, 0.25) is 0 Å². The summed E-state index contributed by atoms with van der Waals surface area (Å²) in [7, 11) is 0. The van der Waals surface area contributed by atoms with E-state index in [1.807, 2.05) is 0 Å². The van der Waals surface area contributed by atoms with E-state index in [0.29, 0.717) is 12.0 Å². The second-order valence-electron chi connectivity index (χ2n) is 4.70. The fraction of sp³-hybridized carbons (Fsp3) is 0.385. The van der Waals surface area contributed by atoms with Gasteiger partial charge >= 0.3 is 11.7 Å². The molecule has 1 atom stereocenters. The average Bonchev–Trinajstić information content (AvgIpc) is 3.00. The lowest BCUT2D eigenvalue weighted by atomic mass is 10.1. The zero-order valence-corrected chi connectivity index (χ0v) is 12.6. The van der Waals surface area contributed by atoms with Gasteiger partial charge in [-0.2, -0.15) is 5.21 Å². The summed E-state index contributed by atoms with van der Waals surface area (Å²) < 4.78 is 10.5. The van der Waals surface area contributed by atoms with Gasteiger partial charge in [0.2, 0.25) is 11.6 Å². The van der Waals surface area contributed by atoms with Gasteiger partial charge < -0.3 is 9.47 Å². The standard InChI is InChI=1S/C13H15N5O5/c1-8(23-9(2)19)6-7-22-12-10(13-14-16-17-15-13)4-3-5-11(12)18(20)21/h3-5,8H,6-7H2,1-2H3,(H,14,15,16,17)/t8-/m0/s1. The first-order chi connectivity index (χ1) is 11.0. The van der Waals surface area contributed by atoms with Crippen LogP contribution in [0, 0.1) is 10.1 Å². The van der Waals surface area contributed by atoms with Crippen LogP contribution in [0.5, 0.6) is 5.75 Å². The number of nitro groups is 1. The Balaban J connectivity index is 2.18. The molecule has 1 heterocycles. The number of aromatic amines is 1. The van der Waals surface area contributed by atoms with Crippen LogP contribution in [0.4, 0.5) is 5.69 Å². The minimum absolute atomic E-state index is 0.0499. The maximum Gasteiger partial charge on any atom is 0.311 e. The highest BCUT2D eigenvalue weighted by Crippen LogP contribution is 2.36. The molecular formula is C13H15N5O5. The van der Waals surface area contributed by atoms with Gasteiger partial charge in [-0.3, -0.25) is 14.9 Å². The Morgan fingerprint density at radius 3 is 2.87 bits per heavy atom. The van der Waals surface area contributed by atoms with E-state index >= 15 is 0 Å². The van der Waals surface area contributed by atoms with Gasteiger partial charge in [-0.05, 0) is 18.2 Å². The maximum atomic E-state index is 11.2. The van der Waals surface area contributed by atoms with E-state index in [9.17, 15) is 14.9 Å². The van der Waals surface area contributed by atoms with E-state index in [2.05, 4.69) is 20.6 Å². The van der Waals surface area contributed by atoms with Crippen molar-refractivity contribution in [3.8, 4) is 17.1 Å². The number of nitrogens with zero attached hydrogens (tertiary/aromatic N) is 4. The first-order valence-corrected chi connectivity index (χ1v) is 6.80. The normalized spacial score (nSPS) is 11.7. The van der Waals surface area contributed by atoms with Crippen molar-refractivity contribution in [1.29, 1.82) is 0 Å². The van der Waals surface area contributed by atoms with Gasteiger partial charge in [0.05, 0.1) is 17.1 Å². The summed E-state index contributed by atoms with van der Waals surface area (Å²) in [6.45, 7) is 3.15. The lowest BCUT2D eigenvalue weighted by molar-refractivity contribution is -0.385. The van der Waals surface area contributed by atoms with Gasteiger partial charge in [-0.15, -0.1) is 10.2 Å². The molecule has 0 radical (unpaired) electrons. The summed E-state index contributed by atoms with van der Waals surface area (Å²) in [6.07, 6.45) is 0.0287. The van der Waals surface area contributed by atoms with Gasteiger partial charge in [0.1, 0.15) is 6.10 Å². The highest BCUT2D eigenvalue weighted by Gasteiger charge is 2.22. The highest BCUT2D eigenvalue weighted by atomic mass is 16.6. The molecule has 1 aromatic heterocycles. The van der Waals surface area contributed by atoms with Gasteiger partial charge in [-0.1, -0.05) is 6.07 Å². The molecule has 0 unspecified atom stereocenters. The molecular weight excluding hydrogens is 306 g/mol. The number of rotatable bonds is 7. The Bertz CT molecular complexity index is 688. The number of hydrogen-bond acceptors (Lipinski definition) is 8. The number of H-pyrrole nitrogens is 1. The van der Waals surface area contributed by atoms with Crippen LogP contribution < -0.4 is 4.74 Å². The number of hydrogen-bond donors (Lipinski definition) is 1. The fourth-order valence-corrected chi connectivity index (χ4v) is 1.94. The number of benzene rings is 1. The van der Waals surface area contributed by atoms with Crippen molar-refractivity contribution in [2.45, 2.75) is 26.4 Å². The summed E-state index contributed by atoms with van der Waals surface area (Å²) in [4.78, 5) is 21.5. The van der Waals surface area contributed by atoms with Crippen LogP contribution in [0.25, 0.3) is 11.4 Å². The second kappa shape index (κ2) is 7.29. The van der Waals surface area contributed by atoms with Crippen LogP contribution in [-0.4, -0.2) is 44.2 Å². The van der Waals surface area contributed by atoms with Gasteiger partial charge in [0.25, 0.3) is 0 Å². The predicted octanol–water partition coefficient (Wildman–Crippen LogP) is 1.50. The molecule has 0 amide bonds. The molecule has 23 heavy (non-hydrogen) atoms. The number of carbonyl (C=O) groups excluding carboxylic acids is 1. The monoisotopic (exact) mass is 321 g/mol. The first-order valence-electron chi connectivity index (χ1n) is 6.80. The van der Waals surface area contributed by atoms with Gasteiger partial charge in [0.15, 0.2) is 0 Å². The minimum atomic E-state index is -0.547. The van der Waals surface area contributed by atoms with Crippen molar-refractivity contribution in [2.24, 2.45) is 0 Å².